The summed E-state index contributed by atoms with van der Waals surface area (Å²) in [6, 6.07) is 7.75. The molecule has 0 bridgehead atoms. The molecule has 0 amide bonds. The number of aromatic nitrogens is 4. The van der Waals surface area contributed by atoms with Gasteiger partial charge in [0.25, 0.3) is 5.56 Å². The Morgan fingerprint density at radius 2 is 1.83 bits per heavy atom. The molecule has 0 saturated heterocycles. The van der Waals surface area contributed by atoms with Crippen LogP contribution in [0, 0.1) is 0 Å². The average Bonchev–Trinajstić information content (AvgIpc) is 3.00. The lowest BCUT2D eigenvalue weighted by molar-refractivity contribution is -0.156. The van der Waals surface area contributed by atoms with Crippen molar-refractivity contribution in [2.45, 2.75) is 12.7 Å². The first-order chi connectivity index (χ1) is 10.9. The Kier molecular flexibility index (Phi) is 3.68. The lowest BCUT2D eigenvalue weighted by Crippen LogP contribution is -2.19. The minimum Gasteiger partial charge on any atom is -0.413 e. The van der Waals surface area contributed by atoms with E-state index < -0.39 is 12.1 Å². The van der Waals surface area contributed by atoms with Gasteiger partial charge in [-0.1, -0.05) is 12.1 Å². The van der Waals surface area contributed by atoms with E-state index in [1.165, 1.54) is 23.2 Å². The summed E-state index contributed by atoms with van der Waals surface area (Å²) >= 11 is 0. The lowest BCUT2D eigenvalue weighted by Gasteiger charge is -2.05. The molecule has 0 aliphatic carbocycles. The maximum absolute atomic E-state index is 12.4. The highest BCUT2D eigenvalue weighted by molar-refractivity contribution is 5.53. The molecule has 0 atom stereocenters. The van der Waals surface area contributed by atoms with Crippen molar-refractivity contribution < 1.29 is 17.6 Å². The first kappa shape index (κ1) is 14.9. The maximum atomic E-state index is 12.4. The van der Waals surface area contributed by atoms with Gasteiger partial charge in [-0.2, -0.15) is 13.2 Å². The fourth-order valence-electron chi connectivity index (χ4n) is 1.90. The second kappa shape index (κ2) is 5.67. The van der Waals surface area contributed by atoms with Crippen molar-refractivity contribution in [1.29, 1.82) is 0 Å². The summed E-state index contributed by atoms with van der Waals surface area (Å²) in [7, 11) is 0. The van der Waals surface area contributed by atoms with Crippen molar-refractivity contribution in [2.24, 2.45) is 0 Å². The van der Waals surface area contributed by atoms with E-state index in [9.17, 15) is 18.0 Å². The molecule has 3 rings (SSSR count). The van der Waals surface area contributed by atoms with E-state index in [-0.39, 0.29) is 11.4 Å². The molecule has 0 aliphatic heterocycles. The smallest absolute Gasteiger partial charge is 0.413 e. The van der Waals surface area contributed by atoms with E-state index >= 15 is 0 Å². The summed E-state index contributed by atoms with van der Waals surface area (Å²) in [5.41, 5.74) is 0.936. The Hall–Kier alpha value is -2.97. The Morgan fingerprint density at radius 3 is 2.43 bits per heavy atom. The number of alkyl halides is 3. The summed E-state index contributed by atoms with van der Waals surface area (Å²) in [6.07, 6.45) is -1.87. The van der Waals surface area contributed by atoms with Crippen LogP contribution in [0.25, 0.3) is 11.5 Å². The van der Waals surface area contributed by atoms with Gasteiger partial charge < -0.3 is 4.42 Å². The molecule has 3 aromatic rings. The SMILES string of the molecule is O=c1ccncn1Cc1ccc(-c2nnc(C(F)(F)F)o2)cc1. The monoisotopic (exact) mass is 322 g/mol. The van der Waals surface area contributed by atoms with Gasteiger partial charge in [-0.15, -0.1) is 10.2 Å². The zero-order chi connectivity index (χ0) is 16.4. The topological polar surface area (TPSA) is 73.8 Å². The molecule has 118 valence electrons. The number of halogens is 3. The van der Waals surface area contributed by atoms with E-state index in [0.29, 0.717) is 12.1 Å². The minimum absolute atomic E-state index is 0.198. The Balaban J connectivity index is 1.81. The van der Waals surface area contributed by atoms with Gasteiger partial charge in [0.05, 0.1) is 12.9 Å². The molecule has 0 fully saturated rings. The summed E-state index contributed by atoms with van der Waals surface area (Å²) in [4.78, 5) is 15.4. The maximum Gasteiger partial charge on any atom is 0.470 e. The highest BCUT2D eigenvalue weighted by Gasteiger charge is 2.38. The summed E-state index contributed by atoms with van der Waals surface area (Å²) in [5, 5.41) is 6.35. The molecular formula is C14H9F3N4O2. The van der Waals surface area contributed by atoms with Crippen molar-refractivity contribution in [1.82, 2.24) is 19.7 Å². The van der Waals surface area contributed by atoms with Crippen LogP contribution in [0.15, 0.2) is 52.1 Å². The zero-order valence-electron chi connectivity index (χ0n) is 11.5. The van der Waals surface area contributed by atoms with Gasteiger partial charge in [-0.05, 0) is 17.7 Å². The number of hydrogen-bond donors (Lipinski definition) is 0. The average molecular weight is 322 g/mol. The Labute approximate surface area is 127 Å². The number of hydrogen-bond acceptors (Lipinski definition) is 5. The third-order valence-electron chi connectivity index (χ3n) is 3.01. The Morgan fingerprint density at radius 1 is 1.09 bits per heavy atom. The fraction of sp³-hybridized carbons (Fsp3) is 0.143. The summed E-state index contributed by atoms with van der Waals surface area (Å²) in [5.74, 6) is -1.61. The van der Waals surface area contributed by atoms with Gasteiger partial charge in [0, 0.05) is 17.8 Å². The summed E-state index contributed by atoms with van der Waals surface area (Å²) < 4.78 is 43.3. The fourth-order valence-corrected chi connectivity index (χ4v) is 1.90. The largest absolute Gasteiger partial charge is 0.470 e. The van der Waals surface area contributed by atoms with Crippen LogP contribution >= 0.6 is 0 Å². The number of nitrogens with zero attached hydrogens (tertiary/aromatic N) is 4. The minimum atomic E-state index is -4.67. The third kappa shape index (κ3) is 3.28. The van der Waals surface area contributed by atoms with Crippen molar-refractivity contribution in [3.05, 3.63) is 64.7 Å². The highest BCUT2D eigenvalue weighted by Crippen LogP contribution is 2.30. The molecule has 0 unspecified atom stereocenters. The van der Waals surface area contributed by atoms with Crippen LogP contribution in [0.4, 0.5) is 13.2 Å². The molecule has 0 radical (unpaired) electrons. The molecule has 0 spiro atoms. The third-order valence-corrected chi connectivity index (χ3v) is 3.01. The first-order valence-electron chi connectivity index (χ1n) is 6.44. The van der Waals surface area contributed by atoms with Crippen LogP contribution in [0.1, 0.15) is 11.5 Å². The zero-order valence-corrected chi connectivity index (χ0v) is 11.5. The second-order valence-corrected chi connectivity index (χ2v) is 4.65. The molecule has 0 N–H and O–H groups in total. The van der Waals surface area contributed by atoms with Gasteiger partial charge in [0.1, 0.15) is 0 Å². The second-order valence-electron chi connectivity index (χ2n) is 4.65. The molecule has 6 nitrogen and oxygen atoms in total. The summed E-state index contributed by atoms with van der Waals surface area (Å²) in [6.45, 7) is 0.296. The van der Waals surface area contributed by atoms with E-state index in [4.69, 9.17) is 0 Å². The molecule has 0 aliphatic rings. The Bertz CT molecular complexity index is 868. The van der Waals surface area contributed by atoms with Crippen LogP contribution in [0.3, 0.4) is 0 Å². The van der Waals surface area contributed by atoms with Crippen LogP contribution in [0.5, 0.6) is 0 Å². The number of benzene rings is 1. The van der Waals surface area contributed by atoms with Gasteiger partial charge >= 0.3 is 12.1 Å². The highest BCUT2D eigenvalue weighted by atomic mass is 19.4. The van der Waals surface area contributed by atoms with E-state index in [2.05, 4.69) is 19.6 Å². The molecule has 2 heterocycles. The van der Waals surface area contributed by atoms with Crippen molar-refractivity contribution in [2.75, 3.05) is 0 Å². The van der Waals surface area contributed by atoms with Crippen molar-refractivity contribution in [3.63, 3.8) is 0 Å². The molecule has 1 aromatic carbocycles. The van der Waals surface area contributed by atoms with Crippen LogP contribution < -0.4 is 5.56 Å². The standard InChI is InChI=1S/C14H9F3N4O2/c15-14(16,17)13-20-19-12(23-13)10-3-1-9(2-4-10)7-21-8-18-6-5-11(21)22/h1-6,8H,7H2. The van der Waals surface area contributed by atoms with Crippen LogP contribution in [-0.4, -0.2) is 19.7 Å². The predicted octanol–water partition coefficient (Wildman–Crippen LogP) is 2.36. The van der Waals surface area contributed by atoms with Gasteiger partial charge in [-0.3, -0.25) is 9.36 Å². The van der Waals surface area contributed by atoms with E-state index in [0.717, 1.165) is 5.56 Å². The normalized spacial score (nSPS) is 11.6. The molecule has 23 heavy (non-hydrogen) atoms. The van der Waals surface area contributed by atoms with Gasteiger partial charge in [0.15, 0.2) is 0 Å². The van der Waals surface area contributed by atoms with Crippen LogP contribution in [0.2, 0.25) is 0 Å². The van der Waals surface area contributed by atoms with Crippen molar-refractivity contribution in [3.8, 4) is 11.5 Å². The van der Waals surface area contributed by atoms with Crippen molar-refractivity contribution >= 4 is 0 Å². The molecule has 2 aromatic heterocycles. The lowest BCUT2D eigenvalue weighted by atomic mass is 10.1. The quantitative estimate of drug-likeness (QED) is 0.740. The predicted molar refractivity (Wildman–Crippen MR) is 72.3 cm³/mol. The van der Waals surface area contributed by atoms with Gasteiger partial charge in [0.2, 0.25) is 5.89 Å². The van der Waals surface area contributed by atoms with Crippen LogP contribution in [-0.2, 0) is 12.7 Å². The van der Waals surface area contributed by atoms with E-state index in [1.807, 2.05) is 0 Å². The molecule has 0 saturated carbocycles. The number of rotatable bonds is 3. The van der Waals surface area contributed by atoms with E-state index in [1.54, 1.807) is 24.3 Å². The molecule has 9 heteroatoms. The first-order valence-corrected chi connectivity index (χ1v) is 6.44. The van der Waals surface area contributed by atoms with Gasteiger partial charge in [-0.25, -0.2) is 4.98 Å². The molecular weight excluding hydrogens is 313 g/mol.